The summed E-state index contributed by atoms with van der Waals surface area (Å²) in [6.07, 6.45) is 3.75. The van der Waals surface area contributed by atoms with Crippen molar-refractivity contribution < 1.29 is 9.84 Å². The lowest BCUT2D eigenvalue weighted by Gasteiger charge is -2.14. The molecule has 0 saturated heterocycles. The van der Waals surface area contributed by atoms with Crippen molar-refractivity contribution in [3.05, 3.63) is 12.4 Å². The van der Waals surface area contributed by atoms with Gasteiger partial charge in [-0.1, -0.05) is 6.92 Å². The standard InChI is InChI=1S/C12H21N3O2/c1-4-17-12-8-13-7-11(15-12)14-6-9(2)5-10(3)16/h7-10,16H,4-6H2,1-3H3,(H,14,15)/t9-,10+/m1/s1. The van der Waals surface area contributed by atoms with Gasteiger partial charge in [-0.2, -0.15) is 4.98 Å². The largest absolute Gasteiger partial charge is 0.477 e. The average molecular weight is 239 g/mol. The molecule has 0 spiro atoms. The van der Waals surface area contributed by atoms with Crippen molar-refractivity contribution >= 4 is 5.82 Å². The van der Waals surface area contributed by atoms with E-state index >= 15 is 0 Å². The molecule has 5 heteroatoms. The molecule has 0 amide bonds. The van der Waals surface area contributed by atoms with Crippen molar-refractivity contribution in [3.63, 3.8) is 0 Å². The molecule has 1 heterocycles. The summed E-state index contributed by atoms with van der Waals surface area (Å²) in [6.45, 7) is 7.13. The van der Waals surface area contributed by atoms with Crippen LogP contribution >= 0.6 is 0 Å². The number of hydrogen-bond donors (Lipinski definition) is 2. The van der Waals surface area contributed by atoms with E-state index in [4.69, 9.17) is 4.74 Å². The lowest BCUT2D eigenvalue weighted by Crippen LogP contribution is -2.17. The van der Waals surface area contributed by atoms with Gasteiger partial charge in [0.25, 0.3) is 0 Å². The molecular formula is C12H21N3O2. The van der Waals surface area contributed by atoms with Crippen LogP contribution in [0.15, 0.2) is 12.4 Å². The minimum atomic E-state index is -0.271. The van der Waals surface area contributed by atoms with Crippen molar-refractivity contribution in [3.8, 4) is 5.88 Å². The maximum absolute atomic E-state index is 9.26. The predicted octanol–water partition coefficient (Wildman–Crippen LogP) is 1.69. The highest BCUT2D eigenvalue weighted by molar-refractivity contribution is 5.33. The van der Waals surface area contributed by atoms with Gasteiger partial charge in [-0.25, -0.2) is 0 Å². The Balaban J connectivity index is 2.43. The number of nitrogens with one attached hydrogen (secondary N) is 1. The average Bonchev–Trinajstić information content (AvgIpc) is 2.26. The van der Waals surface area contributed by atoms with Crippen LogP contribution in [0.2, 0.25) is 0 Å². The summed E-state index contributed by atoms with van der Waals surface area (Å²) >= 11 is 0. The Morgan fingerprint density at radius 3 is 2.82 bits per heavy atom. The molecule has 0 aliphatic heterocycles. The molecule has 5 nitrogen and oxygen atoms in total. The summed E-state index contributed by atoms with van der Waals surface area (Å²) in [5, 5.41) is 12.4. The zero-order valence-electron chi connectivity index (χ0n) is 10.7. The third kappa shape index (κ3) is 5.49. The summed E-state index contributed by atoms with van der Waals surface area (Å²) in [6, 6.07) is 0. The molecular weight excluding hydrogens is 218 g/mol. The van der Waals surface area contributed by atoms with Crippen molar-refractivity contribution in [1.29, 1.82) is 0 Å². The van der Waals surface area contributed by atoms with Crippen LogP contribution < -0.4 is 10.1 Å². The number of aliphatic hydroxyl groups is 1. The number of aliphatic hydroxyl groups excluding tert-OH is 1. The van der Waals surface area contributed by atoms with Gasteiger partial charge in [-0.3, -0.25) is 4.98 Å². The highest BCUT2D eigenvalue weighted by Gasteiger charge is 2.06. The molecule has 17 heavy (non-hydrogen) atoms. The van der Waals surface area contributed by atoms with Gasteiger partial charge >= 0.3 is 0 Å². The van der Waals surface area contributed by atoms with Crippen LogP contribution in [0.1, 0.15) is 27.2 Å². The van der Waals surface area contributed by atoms with E-state index in [0.717, 1.165) is 13.0 Å². The second kappa shape index (κ2) is 7.06. The fourth-order valence-corrected chi connectivity index (χ4v) is 1.60. The lowest BCUT2D eigenvalue weighted by atomic mass is 10.1. The first-order valence-corrected chi connectivity index (χ1v) is 5.98. The van der Waals surface area contributed by atoms with E-state index in [0.29, 0.717) is 24.2 Å². The Bertz CT molecular complexity index is 331. The van der Waals surface area contributed by atoms with E-state index in [-0.39, 0.29) is 6.10 Å². The van der Waals surface area contributed by atoms with Crippen molar-refractivity contribution in [2.75, 3.05) is 18.5 Å². The molecule has 1 rings (SSSR count). The number of aromatic nitrogens is 2. The van der Waals surface area contributed by atoms with Crippen molar-refractivity contribution in [1.82, 2.24) is 9.97 Å². The van der Waals surface area contributed by atoms with Crippen molar-refractivity contribution in [2.45, 2.75) is 33.3 Å². The Hall–Kier alpha value is -1.36. The predicted molar refractivity (Wildman–Crippen MR) is 67.2 cm³/mol. The van der Waals surface area contributed by atoms with Crippen molar-refractivity contribution in [2.24, 2.45) is 5.92 Å². The van der Waals surface area contributed by atoms with E-state index in [1.807, 2.05) is 6.92 Å². The summed E-state index contributed by atoms with van der Waals surface area (Å²) in [5.41, 5.74) is 0. The topological polar surface area (TPSA) is 67.3 Å². The molecule has 96 valence electrons. The molecule has 1 aromatic heterocycles. The second-order valence-corrected chi connectivity index (χ2v) is 4.25. The van der Waals surface area contributed by atoms with E-state index in [1.54, 1.807) is 19.3 Å². The smallest absolute Gasteiger partial charge is 0.234 e. The monoisotopic (exact) mass is 239 g/mol. The molecule has 2 atom stereocenters. The molecule has 0 bridgehead atoms. The van der Waals surface area contributed by atoms with E-state index in [9.17, 15) is 5.11 Å². The van der Waals surface area contributed by atoms with E-state index in [1.165, 1.54) is 0 Å². The fourth-order valence-electron chi connectivity index (χ4n) is 1.60. The maximum Gasteiger partial charge on any atom is 0.234 e. The fraction of sp³-hybridized carbons (Fsp3) is 0.667. The summed E-state index contributed by atoms with van der Waals surface area (Å²) < 4.78 is 5.26. The number of ether oxygens (including phenoxy) is 1. The highest BCUT2D eigenvalue weighted by atomic mass is 16.5. The Morgan fingerprint density at radius 1 is 1.41 bits per heavy atom. The molecule has 0 aliphatic rings. The molecule has 0 saturated carbocycles. The number of rotatable bonds is 7. The third-order valence-electron chi connectivity index (χ3n) is 2.28. The molecule has 1 aromatic rings. The van der Waals surface area contributed by atoms with Crippen LogP contribution in [-0.4, -0.2) is 34.3 Å². The van der Waals surface area contributed by atoms with Gasteiger partial charge in [0.1, 0.15) is 5.82 Å². The van der Waals surface area contributed by atoms with Crippen LogP contribution in [0.4, 0.5) is 5.82 Å². The first-order valence-electron chi connectivity index (χ1n) is 5.98. The molecule has 0 aliphatic carbocycles. The molecule has 0 fully saturated rings. The minimum Gasteiger partial charge on any atom is -0.477 e. The Kier molecular flexibility index (Phi) is 5.69. The van der Waals surface area contributed by atoms with Gasteiger partial charge in [0.15, 0.2) is 0 Å². The second-order valence-electron chi connectivity index (χ2n) is 4.25. The van der Waals surface area contributed by atoms with Crippen LogP contribution in [0.3, 0.4) is 0 Å². The van der Waals surface area contributed by atoms with E-state index in [2.05, 4.69) is 22.2 Å². The first kappa shape index (κ1) is 13.7. The van der Waals surface area contributed by atoms with Gasteiger partial charge in [0.2, 0.25) is 5.88 Å². The maximum atomic E-state index is 9.26. The van der Waals surface area contributed by atoms with Gasteiger partial charge in [-0.15, -0.1) is 0 Å². The van der Waals surface area contributed by atoms with Gasteiger partial charge in [0, 0.05) is 6.54 Å². The minimum absolute atomic E-state index is 0.271. The van der Waals surface area contributed by atoms with Gasteiger partial charge < -0.3 is 15.2 Å². The zero-order valence-corrected chi connectivity index (χ0v) is 10.7. The van der Waals surface area contributed by atoms with Crippen LogP contribution in [-0.2, 0) is 0 Å². The quantitative estimate of drug-likeness (QED) is 0.758. The SMILES string of the molecule is CCOc1cncc(NC[C@H](C)C[C@H](C)O)n1. The van der Waals surface area contributed by atoms with Gasteiger partial charge in [0.05, 0.1) is 25.1 Å². The summed E-state index contributed by atoms with van der Waals surface area (Å²) in [5.74, 6) is 1.61. The summed E-state index contributed by atoms with van der Waals surface area (Å²) in [4.78, 5) is 8.30. The molecule has 0 aromatic carbocycles. The Morgan fingerprint density at radius 2 is 2.18 bits per heavy atom. The normalized spacial score (nSPS) is 14.1. The number of hydrogen-bond acceptors (Lipinski definition) is 5. The highest BCUT2D eigenvalue weighted by Crippen LogP contribution is 2.11. The van der Waals surface area contributed by atoms with Crippen LogP contribution in [0.25, 0.3) is 0 Å². The summed E-state index contributed by atoms with van der Waals surface area (Å²) in [7, 11) is 0. The molecule has 0 unspecified atom stereocenters. The van der Waals surface area contributed by atoms with E-state index < -0.39 is 0 Å². The zero-order chi connectivity index (χ0) is 12.7. The first-order chi connectivity index (χ1) is 8.11. The lowest BCUT2D eigenvalue weighted by molar-refractivity contribution is 0.166. The van der Waals surface area contributed by atoms with Crippen LogP contribution in [0.5, 0.6) is 5.88 Å². The van der Waals surface area contributed by atoms with Crippen LogP contribution in [0, 0.1) is 5.92 Å². The number of nitrogens with zero attached hydrogens (tertiary/aromatic N) is 2. The molecule has 0 radical (unpaired) electrons. The Labute approximate surface area is 102 Å². The van der Waals surface area contributed by atoms with Gasteiger partial charge in [-0.05, 0) is 26.2 Å². The third-order valence-corrected chi connectivity index (χ3v) is 2.28. The number of anilines is 1. The molecule has 2 N–H and O–H groups in total.